The van der Waals surface area contributed by atoms with Crippen molar-refractivity contribution in [2.24, 2.45) is 0 Å². The molecule has 2 aromatic heterocycles. The number of aromatic nitrogens is 3. The third kappa shape index (κ3) is 10.0. The van der Waals surface area contributed by atoms with Crippen LogP contribution in [0.15, 0.2) is 66.9 Å². The number of carbonyl (C=O) groups is 6. The quantitative estimate of drug-likeness (QED) is 0.0330. The number of piperazine rings is 1. The van der Waals surface area contributed by atoms with Gasteiger partial charge in [0.1, 0.15) is 42.1 Å². The van der Waals surface area contributed by atoms with Gasteiger partial charge >= 0.3 is 12.1 Å². The number of terminal acetylenes is 1. The Kier molecular flexibility index (Phi) is 14.1. The molecule has 0 radical (unpaired) electrons. The maximum atomic E-state index is 17.2. The second kappa shape index (κ2) is 21.3. The van der Waals surface area contributed by atoms with Crippen molar-refractivity contribution in [1.82, 2.24) is 40.7 Å². The summed E-state index contributed by atoms with van der Waals surface area (Å²) in [5.41, 5.74) is 1.52. The molecular formula is C57H58F2N10O8. The number of ether oxygens (including phenoxy) is 2. The number of anilines is 2. The van der Waals surface area contributed by atoms with Crippen molar-refractivity contribution in [3.8, 4) is 29.6 Å². The van der Waals surface area contributed by atoms with Crippen molar-refractivity contribution in [3.63, 3.8) is 0 Å². The normalized spacial score (nSPS) is 22.8. The van der Waals surface area contributed by atoms with Gasteiger partial charge in [-0.05, 0) is 81.0 Å². The number of hydrogen-bond acceptors (Lipinski definition) is 14. The van der Waals surface area contributed by atoms with E-state index in [2.05, 4.69) is 48.6 Å². The number of nitrogens with zero attached hydrogens (tertiary/aromatic N) is 6. The molecule has 8 heterocycles. The lowest BCUT2D eigenvalue weighted by Gasteiger charge is -2.35. The minimum atomic E-state index is -1.07. The molecule has 20 heteroatoms. The van der Waals surface area contributed by atoms with E-state index in [0.717, 1.165) is 61.8 Å². The van der Waals surface area contributed by atoms with E-state index in [9.17, 15) is 28.8 Å². The number of fused-ring (bicyclic) bond motifs is 6. The van der Waals surface area contributed by atoms with E-state index in [4.69, 9.17) is 25.9 Å². The monoisotopic (exact) mass is 1050 g/mol. The summed E-state index contributed by atoms with van der Waals surface area (Å²) in [7, 11) is 0. The molecule has 0 aliphatic carbocycles. The number of piperidine rings is 1. The summed E-state index contributed by atoms with van der Waals surface area (Å²) in [6.45, 7) is 7.06. The fourth-order valence-electron chi connectivity index (χ4n) is 12.3. The van der Waals surface area contributed by atoms with Crippen molar-refractivity contribution in [1.29, 1.82) is 0 Å². The number of nitrogens with one attached hydrogen (secondary N) is 4. The summed E-state index contributed by atoms with van der Waals surface area (Å²) < 4.78 is 44.5. The number of imide groups is 2. The lowest BCUT2D eigenvalue weighted by atomic mass is 9.94. The number of alkyl carbamates (subject to hydrolysis) is 1. The Bertz CT molecular complexity index is 3320. The van der Waals surface area contributed by atoms with Gasteiger partial charge in [0, 0.05) is 80.0 Å². The molecule has 2 bridgehead atoms. The smallest absolute Gasteiger partial charge is 0.407 e. The molecule has 5 aromatic rings. The highest BCUT2D eigenvalue weighted by molar-refractivity contribution is 6.24. The largest absolute Gasteiger partial charge is 0.461 e. The predicted molar refractivity (Wildman–Crippen MR) is 281 cm³/mol. The third-order valence-electron chi connectivity index (χ3n) is 16.0. The average Bonchev–Trinajstić information content (AvgIpc) is 4.19. The number of rotatable bonds is 17. The molecule has 4 N–H and O–H groups in total. The maximum Gasteiger partial charge on any atom is 0.407 e. The zero-order valence-electron chi connectivity index (χ0n) is 42.4. The third-order valence-corrected chi connectivity index (χ3v) is 16.0. The Morgan fingerprint density at radius 3 is 2.52 bits per heavy atom. The Morgan fingerprint density at radius 1 is 0.922 bits per heavy atom. The topological polar surface area (TPSA) is 217 Å². The molecule has 398 valence electrons. The van der Waals surface area contributed by atoms with Gasteiger partial charge in [-0.25, -0.2) is 13.6 Å². The van der Waals surface area contributed by atoms with Gasteiger partial charge in [-0.1, -0.05) is 61.6 Å². The standard InChI is InChI=1S/C57H58F2N10O8/c1-3-38-43(58)18-13-33-10-9-11-40(47(33)38)49-48(59)50-42(26-61-49)51(67-28-35-14-15-36(29-67)62-35)66-55(65-50)77-31-57-22-21-37(68(57)27-32(2)25-57)30-76-56(75)60-23-8-6-4-5-7-12-45(70)63-34-16-17-39-41(24-34)54(74)69(53(39)73)44-19-20-46(71)64-52(44)72/h1,9-11,13,16-18,24,26,35-37,44,62H,2,4-8,12,14-15,19-23,25,27-31H2,(H,60,75)(H,63,70)(H,64,71,72)/t35-,36+,37-,44?,57-/m0/s1. The minimum Gasteiger partial charge on any atom is -0.461 e. The van der Waals surface area contributed by atoms with Gasteiger partial charge in [0.25, 0.3) is 11.8 Å². The molecule has 11 rings (SSSR count). The molecule has 3 aromatic carbocycles. The second-order valence-corrected chi connectivity index (χ2v) is 21.1. The van der Waals surface area contributed by atoms with Crippen LogP contribution in [0.25, 0.3) is 32.9 Å². The molecule has 77 heavy (non-hydrogen) atoms. The lowest BCUT2D eigenvalue weighted by Crippen LogP contribution is -2.54. The van der Waals surface area contributed by atoms with Crippen LogP contribution in [-0.4, -0.2) is 129 Å². The van der Waals surface area contributed by atoms with Crippen molar-refractivity contribution in [2.45, 2.75) is 113 Å². The van der Waals surface area contributed by atoms with Crippen LogP contribution in [0.5, 0.6) is 6.01 Å². The van der Waals surface area contributed by atoms with E-state index in [1.54, 1.807) is 36.5 Å². The molecule has 1 unspecified atom stereocenters. The Balaban J connectivity index is 0.657. The Labute approximate surface area is 442 Å². The highest BCUT2D eigenvalue weighted by Crippen LogP contribution is 2.45. The van der Waals surface area contributed by atoms with Gasteiger partial charge in [-0.3, -0.25) is 44.1 Å². The number of carbonyl (C=O) groups excluding carboxylic acids is 6. The van der Waals surface area contributed by atoms with Crippen LogP contribution >= 0.6 is 0 Å². The van der Waals surface area contributed by atoms with Gasteiger partial charge < -0.3 is 30.3 Å². The van der Waals surface area contributed by atoms with E-state index in [1.807, 2.05) is 0 Å². The van der Waals surface area contributed by atoms with Gasteiger partial charge in [-0.15, -0.1) is 6.42 Å². The number of hydrogen-bond donors (Lipinski definition) is 4. The van der Waals surface area contributed by atoms with Crippen LogP contribution in [0.1, 0.15) is 110 Å². The first-order chi connectivity index (χ1) is 37.3. The summed E-state index contributed by atoms with van der Waals surface area (Å²) in [5, 5.41) is 12.9. The molecule has 6 aliphatic rings. The van der Waals surface area contributed by atoms with Crippen LogP contribution in [0.2, 0.25) is 0 Å². The van der Waals surface area contributed by atoms with E-state index in [-0.39, 0.29) is 90.4 Å². The molecule has 5 saturated heterocycles. The first-order valence-electron chi connectivity index (χ1n) is 26.4. The van der Waals surface area contributed by atoms with Crippen molar-refractivity contribution >= 4 is 68.8 Å². The van der Waals surface area contributed by atoms with Gasteiger partial charge in [0.15, 0.2) is 5.82 Å². The van der Waals surface area contributed by atoms with Crippen LogP contribution in [0.4, 0.5) is 25.1 Å². The number of amides is 6. The predicted octanol–water partition coefficient (Wildman–Crippen LogP) is 6.69. The lowest BCUT2D eigenvalue weighted by molar-refractivity contribution is -0.136. The fourth-order valence-corrected chi connectivity index (χ4v) is 12.3. The van der Waals surface area contributed by atoms with Crippen molar-refractivity contribution in [3.05, 3.63) is 95.2 Å². The summed E-state index contributed by atoms with van der Waals surface area (Å²) in [6.07, 6.45) is 15.2. The summed E-state index contributed by atoms with van der Waals surface area (Å²) >= 11 is 0. The van der Waals surface area contributed by atoms with Gasteiger partial charge in [0.2, 0.25) is 17.7 Å². The van der Waals surface area contributed by atoms with Crippen molar-refractivity contribution in [2.75, 3.05) is 49.6 Å². The Morgan fingerprint density at radius 2 is 1.71 bits per heavy atom. The molecule has 18 nitrogen and oxygen atoms in total. The molecule has 5 fully saturated rings. The first-order valence-corrected chi connectivity index (χ1v) is 26.4. The van der Waals surface area contributed by atoms with Gasteiger partial charge in [0.05, 0.1) is 27.6 Å². The summed E-state index contributed by atoms with van der Waals surface area (Å²) in [5.74, 6) is -0.952. The van der Waals surface area contributed by atoms with Crippen LogP contribution in [0.3, 0.4) is 0 Å². The summed E-state index contributed by atoms with van der Waals surface area (Å²) in [6, 6.07) is 12.0. The number of benzene rings is 3. The molecule has 6 aliphatic heterocycles. The molecule has 5 atom stereocenters. The minimum absolute atomic E-state index is 0.0157. The average molecular weight is 1050 g/mol. The van der Waals surface area contributed by atoms with Crippen LogP contribution in [-0.2, 0) is 19.1 Å². The highest BCUT2D eigenvalue weighted by atomic mass is 19.1. The van der Waals surface area contributed by atoms with E-state index < -0.39 is 52.9 Å². The highest BCUT2D eigenvalue weighted by Gasteiger charge is 2.52. The van der Waals surface area contributed by atoms with E-state index >= 15 is 8.78 Å². The summed E-state index contributed by atoms with van der Waals surface area (Å²) in [4.78, 5) is 95.4. The molecule has 6 amide bonds. The zero-order valence-corrected chi connectivity index (χ0v) is 42.4. The Hall–Kier alpha value is -7.89. The van der Waals surface area contributed by atoms with E-state index in [1.165, 1.54) is 18.2 Å². The van der Waals surface area contributed by atoms with Crippen molar-refractivity contribution < 1.29 is 47.0 Å². The zero-order chi connectivity index (χ0) is 53.5. The number of halogens is 2. The number of pyridine rings is 1. The molecular weight excluding hydrogens is 991 g/mol. The molecule has 0 saturated carbocycles. The van der Waals surface area contributed by atoms with Crippen LogP contribution < -0.4 is 30.9 Å². The second-order valence-electron chi connectivity index (χ2n) is 21.1. The maximum absolute atomic E-state index is 17.2. The van der Waals surface area contributed by atoms with E-state index in [0.29, 0.717) is 72.2 Å². The fraction of sp³-hybridized carbons (Fsp3) is 0.421. The SMILES string of the molecule is C#Cc1c(F)ccc2cccc(-c3ncc4c(N5C[C@H]6CC[C@@H](C5)N6)nc(OC[C@@]56CC[C@@H](COC(=O)NCCCCCCCC(=O)Nc7ccc8c(c7)C(=O)N(C7CCC(=O)NC7=O)C8=O)N5CC(=C)C6)nc4c3F)c12. The van der Waals surface area contributed by atoms with Crippen LogP contribution in [0, 0.1) is 24.0 Å². The first kappa shape index (κ1) is 51.2. The van der Waals surface area contributed by atoms with Gasteiger partial charge in [-0.2, -0.15) is 9.97 Å². The molecule has 0 spiro atoms. The number of unbranched alkanes of at least 4 members (excludes halogenated alkanes) is 4.